The molecule has 3 aromatic rings. The van der Waals surface area contributed by atoms with Gasteiger partial charge < -0.3 is 4.74 Å². The molecule has 0 saturated carbocycles. The highest BCUT2D eigenvalue weighted by Gasteiger charge is 2.13. The molecule has 0 aliphatic carbocycles. The number of benzene rings is 3. The normalized spacial score (nSPS) is 10.8. The third-order valence-corrected chi connectivity index (χ3v) is 3.80. The summed E-state index contributed by atoms with van der Waals surface area (Å²) in [5.74, 6) is 0.432. The Balaban J connectivity index is 2.33. The van der Waals surface area contributed by atoms with Crippen molar-refractivity contribution in [1.29, 1.82) is 0 Å². The molecule has 3 heteroatoms. The summed E-state index contributed by atoms with van der Waals surface area (Å²) in [5.41, 5.74) is 1.28. The lowest BCUT2D eigenvalue weighted by Gasteiger charge is -2.13. The lowest BCUT2D eigenvalue weighted by atomic mass is 9.99. The highest BCUT2D eigenvalue weighted by molar-refractivity contribution is 9.10. The Morgan fingerprint density at radius 2 is 1.75 bits per heavy atom. The van der Waals surface area contributed by atoms with Crippen LogP contribution in [0.2, 0.25) is 0 Å². The standard InChI is InChI=1S/C17H12BrFO/c1-20-17-13-5-3-2-4-11(13)6-8-14(17)15-10-12(18)7-9-16(15)19/h2-10H,1H3. The second-order valence-corrected chi connectivity index (χ2v) is 5.41. The van der Waals surface area contributed by atoms with Gasteiger partial charge in [0.1, 0.15) is 11.6 Å². The first kappa shape index (κ1) is 13.1. The number of fused-ring (bicyclic) bond motifs is 1. The third-order valence-electron chi connectivity index (χ3n) is 3.30. The van der Waals surface area contributed by atoms with Gasteiger partial charge in [-0.25, -0.2) is 4.39 Å². The zero-order valence-corrected chi connectivity index (χ0v) is 12.4. The molecule has 0 radical (unpaired) electrons. The minimum Gasteiger partial charge on any atom is -0.495 e. The van der Waals surface area contributed by atoms with Crippen LogP contribution in [0, 0.1) is 5.82 Å². The first-order valence-corrected chi connectivity index (χ1v) is 7.01. The molecule has 0 atom stereocenters. The molecule has 0 saturated heterocycles. The van der Waals surface area contributed by atoms with Gasteiger partial charge in [0.25, 0.3) is 0 Å². The molecule has 3 rings (SSSR count). The van der Waals surface area contributed by atoms with Crippen molar-refractivity contribution in [3.8, 4) is 16.9 Å². The Morgan fingerprint density at radius 3 is 2.55 bits per heavy atom. The van der Waals surface area contributed by atoms with Gasteiger partial charge in [0.05, 0.1) is 7.11 Å². The molecule has 0 spiro atoms. The average molecular weight is 331 g/mol. The molecule has 0 aliphatic heterocycles. The predicted molar refractivity (Wildman–Crippen MR) is 83.6 cm³/mol. The van der Waals surface area contributed by atoms with E-state index in [4.69, 9.17) is 4.74 Å². The van der Waals surface area contributed by atoms with E-state index in [0.717, 1.165) is 20.8 Å². The minimum absolute atomic E-state index is 0.262. The van der Waals surface area contributed by atoms with E-state index in [0.29, 0.717) is 11.3 Å². The van der Waals surface area contributed by atoms with E-state index in [1.54, 1.807) is 19.2 Å². The van der Waals surface area contributed by atoms with Crippen LogP contribution in [0.15, 0.2) is 59.1 Å². The number of rotatable bonds is 2. The number of ether oxygens (including phenoxy) is 1. The average Bonchev–Trinajstić information content (AvgIpc) is 2.48. The van der Waals surface area contributed by atoms with Crippen molar-refractivity contribution in [2.45, 2.75) is 0 Å². The maximum atomic E-state index is 14.1. The summed E-state index contributed by atoms with van der Waals surface area (Å²) < 4.78 is 20.5. The van der Waals surface area contributed by atoms with Crippen LogP contribution >= 0.6 is 15.9 Å². The summed E-state index contributed by atoms with van der Waals surface area (Å²) in [4.78, 5) is 0. The van der Waals surface area contributed by atoms with E-state index in [1.165, 1.54) is 6.07 Å². The summed E-state index contributed by atoms with van der Waals surface area (Å²) in [6, 6.07) is 16.7. The summed E-state index contributed by atoms with van der Waals surface area (Å²) in [6.45, 7) is 0. The number of methoxy groups -OCH3 is 1. The SMILES string of the molecule is COc1c(-c2cc(Br)ccc2F)ccc2ccccc12. The summed E-state index contributed by atoms with van der Waals surface area (Å²) in [7, 11) is 1.61. The molecule has 0 fully saturated rings. The van der Waals surface area contributed by atoms with Gasteiger partial charge in [-0.1, -0.05) is 46.3 Å². The Labute approximate surface area is 125 Å². The van der Waals surface area contributed by atoms with E-state index in [-0.39, 0.29) is 5.82 Å². The van der Waals surface area contributed by atoms with Gasteiger partial charge in [-0.2, -0.15) is 0 Å². The fourth-order valence-electron chi connectivity index (χ4n) is 2.38. The van der Waals surface area contributed by atoms with Crippen LogP contribution in [0.1, 0.15) is 0 Å². The molecule has 0 N–H and O–H groups in total. The van der Waals surface area contributed by atoms with Crippen LogP contribution < -0.4 is 4.74 Å². The van der Waals surface area contributed by atoms with Gasteiger partial charge in [-0.15, -0.1) is 0 Å². The van der Waals surface area contributed by atoms with Crippen molar-refractivity contribution in [2.75, 3.05) is 7.11 Å². The first-order chi connectivity index (χ1) is 9.70. The first-order valence-electron chi connectivity index (χ1n) is 6.22. The topological polar surface area (TPSA) is 9.23 Å². The monoisotopic (exact) mass is 330 g/mol. The van der Waals surface area contributed by atoms with Crippen LogP contribution in [-0.2, 0) is 0 Å². The van der Waals surface area contributed by atoms with Gasteiger partial charge >= 0.3 is 0 Å². The quantitative estimate of drug-likeness (QED) is 0.609. The molecule has 100 valence electrons. The van der Waals surface area contributed by atoms with Gasteiger partial charge in [-0.3, -0.25) is 0 Å². The van der Waals surface area contributed by atoms with Crippen molar-refractivity contribution in [1.82, 2.24) is 0 Å². The van der Waals surface area contributed by atoms with Crippen LogP contribution in [0.5, 0.6) is 5.75 Å². The smallest absolute Gasteiger partial charge is 0.134 e. The van der Waals surface area contributed by atoms with E-state index < -0.39 is 0 Å². The summed E-state index contributed by atoms with van der Waals surface area (Å²) >= 11 is 3.38. The minimum atomic E-state index is -0.262. The molecule has 0 unspecified atom stereocenters. The molecular weight excluding hydrogens is 319 g/mol. The molecule has 1 nitrogen and oxygen atoms in total. The van der Waals surface area contributed by atoms with Crippen molar-refractivity contribution in [2.24, 2.45) is 0 Å². The maximum absolute atomic E-state index is 14.1. The van der Waals surface area contributed by atoms with Crippen molar-refractivity contribution in [3.63, 3.8) is 0 Å². The molecule has 0 bridgehead atoms. The van der Waals surface area contributed by atoms with Crippen LogP contribution in [0.4, 0.5) is 4.39 Å². The highest BCUT2D eigenvalue weighted by Crippen LogP contribution is 2.38. The zero-order valence-electron chi connectivity index (χ0n) is 10.9. The molecule has 20 heavy (non-hydrogen) atoms. The van der Waals surface area contributed by atoms with Crippen molar-refractivity contribution in [3.05, 3.63) is 64.9 Å². The number of hydrogen-bond donors (Lipinski definition) is 0. The fraction of sp³-hybridized carbons (Fsp3) is 0.0588. The largest absolute Gasteiger partial charge is 0.495 e. The Bertz CT molecular complexity index is 783. The molecule has 0 aliphatic rings. The third kappa shape index (κ3) is 2.18. The molecular formula is C17H12BrFO. The highest BCUT2D eigenvalue weighted by atomic mass is 79.9. The van der Waals surface area contributed by atoms with Gasteiger partial charge in [0.2, 0.25) is 0 Å². The zero-order chi connectivity index (χ0) is 14.1. The Morgan fingerprint density at radius 1 is 0.950 bits per heavy atom. The number of halogens is 2. The molecule has 0 heterocycles. The van der Waals surface area contributed by atoms with E-state index >= 15 is 0 Å². The number of hydrogen-bond acceptors (Lipinski definition) is 1. The van der Waals surface area contributed by atoms with Gasteiger partial charge in [-0.05, 0) is 29.7 Å². The van der Waals surface area contributed by atoms with E-state index in [9.17, 15) is 4.39 Å². The lowest BCUT2D eigenvalue weighted by molar-refractivity contribution is 0.421. The van der Waals surface area contributed by atoms with Gasteiger partial charge in [0, 0.05) is 21.0 Å². The summed E-state index contributed by atoms with van der Waals surface area (Å²) in [5, 5.41) is 2.05. The van der Waals surface area contributed by atoms with E-state index in [1.807, 2.05) is 36.4 Å². The second kappa shape index (κ2) is 5.25. The van der Waals surface area contributed by atoms with Gasteiger partial charge in [0.15, 0.2) is 0 Å². The van der Waals surface area contributed by atoms with Crippen LogP contribution in [0.3, 0.4) is 0 Å². The van der Waals surface area contributed by atoms with E-state index in [2.05, 4.69) is 15.9 Å². The molecule has 0 amide bonds. The predicted octanol–water partition coefficient (Wildman–Crippen LogP) is 5.42. The summed E-state index contributed by atoms with van der Waals surface area (Å²) in [6.07, 6.45) is 0. The molecule has 3 aromatic carbocycles. The Kier molecular flexibility index (Phi) is 3.45. The fourth-order valence-corrected chi connectivity index (χ4v) is 2.74. The lowest BCUT2D eigenvalue weighted by Crippen LogP contribution is -1.92. The van der Waals surface area contributed by atoms with Crippen LogP contribution in [-0.4, -0.2) is 7.11 Å². The maximum Gasteiger partial charge on any atom is 0.134 e. The van der Waals surface area contributed by atoms with Crippen LogP contribution in [0.25, 0.3) is 21.9 Å². The van der Waals surface area contributed by atoms with Crippen molar-refractivity contribution < 1.29 is 9.13 Å². The van der Waals surface area contributed by atoms with Crippen molar-refractivity contribution >= 4 is 26.7 Å². The molecule has 0 aromatic heterocycles. The Hall–Kier alpha value is -1.87. The second-order valence-electron chi connectivity index (χ2n) is 4.49.